The van der Waals surface area contributed by atoms with E-state index in [1.54, 1.807) is 78.9 Å². The largest absolute Gasteiger partial charge is 0.459 e. The number of rotatable bonds is 9. The summed E-state index contributed by atoms with van der Waals surface area (Å²) in [6, 6.07) is 21.1. The molecule has 196 valence electrons. The van der Waals surface area contributed by atoms with Gasteiger partial charge in [0, 0.05) is 27.2 Å². The zero-order valence-corrected chi connectivity index (χ0v) is 23.2. The van der Waals surface area contributed by atoms with Crippen LogP contribution in [-0.2, 0) is 23.1 Å². The van der Waals surface area contributed by atoms with Crippen LogP contribution in [-0.4, -0.2) is 24.8 Å². The lowest BCUT2D eigenvalue weighted by Crippen LogP contribution is -2.30. The number of amides is 1. The van der Waals surface area contributed by atoms with Crippen LogP contribution in [0.25, 0.3) is 0 Å². The fraction of sp³-hybridized carbons (Fsp3) is 0.111. The molecule has 0 aliphatic heterocycles. The number of aryl methyl sites for hydroxylation is 1. The minimum absolute atomic E-state index is 0.00646. The zero-order chi connectivity index (χ0) is 27.3. The van der Waals surface area contributed by atoms with E-state index in [1.807, 2.05) is 6.92 Å². The molecule has 1 amide bonds. The van der Waals surface area contributed by atoms with Crippen molar-refractivity contribution in [2.45, 2.75) is 24.9 Å². The lowest BCUT2D eigenvalue weighted by molar-refractivity contribution is 0.0955. The molecule has 0 aliphatic carbocycles. The number of hydrogen-bond acceptors (Lipinski definition) is 5. The first-order valence-electron chi connectivity index (χ1n) is 11.3. The number of halogens is 3. The first-order valence-corrected chi connectivity index (χ1v) is 13.9. The second kappa shape index (κ2) is 12.1. The third kappa shape index (κ3) is 7.03. The van der Waals surface area contributed by atoms with E-state index in [0.29, 0.717) is 37.7 Å². The first kappa shape index (κ1) is 27.9. The molecule has 0 saturated heterocycles. The van der Waals surface area contributed by atoms with Crippen LogP contribution in [0, 0.1) is 6.92 Å². The van der Waals surface area contributed by atoms with Crippen molar-refractivity contribution < 1.29 is 17.6 Å². The third-order valence-corrected chi connectivity index (χ3v) is 8.14. The lowest BCUT2D eigenvalue weighted by Gasteiger charge is -2.22. The minimum Gasteiger partial charge on any atom is -0.459 e. The highest BCUT2D eigenvalue weighted by Crippen LogP contribution is 2.27. The van der Waals surface area contributed by atoms with Crippen LogP contribution in [0.4, 0.5) is 0 Å². The molecular formula is C27H22Cl3N3O4S. The van der Waals surface area contributed by atoms with Crippen molar-refractivity contribution in [2.24, 2.45) is 5.10 Å². The molecule has 1 aromatic heterocycles. The number of hydrazone groups is 1. The average Bonchev–Trinajstić information content (AvgIpc) is 3.33. The summed E-state index contributed by atoms with van der Waals surface area (Å²) in [5.41, 5.74) is 4.33. The van der Waals surface area contributed by atoms with E-state index in [0.717, 1.165) is 5.56 Å². The van der Waals surface area contributed by atoms with Crippen LogP contribution >= 0.6 is 34.8 Å². The summed E-state index contributed by atoms with van der Waals surface area (Å²) in [5.74, 6) is 0.282. The van der Waals surface area contributed by atoms with Crippen LogP contribution in [0.5, 0.6) is 0 Å². The second-order valence-corrected chi connectivity index (χ2v) is 11.5. The molecule has 0 saturated carbocycles. The molecule has 11 heteroatoms. The maximum atomic E-state index is 13.6. The molecule has 4 rings (SSSR count). The lowest BCUT2D eigenvalue weighted by atomic mass is 10.2. The van der Waals surface area contributed by atoms with Gasteiger partial charge in [0.1, 0.15) is 11.5 Å². The van der Waals surface area contributed by atoms with E-state index in [-0.39, 0.29) is 18.0 Å². The van der Waals surface area contributed by atoms with Crippen molar-refractivity contribution in [1.82, 2.24) is 9.73 Å². The maximum Gasteiger partial charge on any atom is 0.271 e. The molecule has 0 atom stereocenters. The number of sulfonamides is 1. The predicted octanol–water partition coefficient (Wildman–Crippen LogP) is 6.70. The van der Waals surface area contributed by atoms with Crippen molar-refractivity contribution in [3.63, 3.8) is 0 Å². The topological polar surface area (TPSA) is 92.0 Å². The highest BCUT2D eigenvalue weighted by atomic mass is 35.5. The Morgan fingerprint density at radius 2 is 1.61 bits per heavy atom. The monoisotopic (exact) mass is 589 g/mol. The number of benzene rings is 3. The van der Waals surface area contributed by atoms with Crippen LogP contribution in [0.3, 0.4) is 0 Å². The summed E-state index contributed by atoms with van der Waals surface area (Å²) >= 11 is 18.2. The summed E-state index contributed by atoms with van der Waals surface area (Å²) in [5, 5.41) is 5.23. The van der Waals surface area contributed by atoms with Crippen LogP contribution in [0.1, 0.15) is 33.0 Å². The van der Waals surface area contributed by atoms with E-state index in [2.05, 4.69) is 10.5 Å². The van der Waals surface area contributed by atoms with Crippen LogP contribution in [0.2, 0.25) is 15.1 Å². The van der Waals surface area contributed by atoms with Crippen LogP contribution in [0.15, 0.2) is 93.3 Å². The summed E-state index contributed by atoms with van der Waals surface area (Å²) < 4.78 is 34.2. The van der Waals surface area contributed by atoms with Gasteiger partial charge in [-0.3, -0.25) is 4.79 Å². The minimum atomic E-state index is -3.91. The SMILES string of the molecule is Cc1ccc(S(=O)(=O)N(Cc2ccc(/C=N\NC(=O)c3ccc(Cl)cc3)o2)Cc2ccc(Cl)cc2Cl)cc1. The van der Waals surface area contributed by atoms with Crippen molar-refractivity contribution in [2.75, 3.05) is 0 Å². The molecule has 0 bridgehead atoms. The summed E-state index contributed by atoms with van der Waals surface area (Å²) in [6.45, 7) is 1.80. The normalized spacial score (nSPS) is 11.8. The van der Waals surface area contributed by atoms with E-state index in [9.17, 15) is 13.2 Å². The Kier molecular flexibility index (Phi) is 8.91. The van der Waals surface area contributed by atoms with Gasteiger partial charge in [0.15, 0.2) is 0 Å². The molecule has 1 heterocycles. The van der Waals surface area contributed by atoms with E-state index in [4.69, 9.17) is 39.2 Å². The fourth-order valence-electron chi connectivity index (χ4n) is 3.47. The Morgan fingerprint density at radius 3 is 2.29 bits per heavy atom. The maximum absolute atomic E-state index is 13.6. The van der Waals surface area contributed by atoms with Crippen molar-refractivity contribution in [3.05, 3.63) is 122 Å². The predicted molar refractivity (Wildman–Crippen MR) is 149 cm³/mol. The molecule has 0 fully saturated rings. The Morgan fingerprint density at radius 1 is 0.921 bits per heavy atom. The van der Waals surface area contributed by atoms with Crippen LogP contribution < -0.4 is 5.43 Å². The highest BCUT2D eigenvalue weighted by Gasteiger charge is 2.27. The highest BCUT2D eigenvalue weighted by molar-refractivity contribution is 7.89. The summed E-state index contributed by atoms with van der Waals surface area (Å²) in [4.78, 5) is 12.3. The molecule has 4 aromatic rings. The number of hydrogen-bond donors (Lipinski definition) is 1. The smallest absolute Gasteiger partial charge is 0.271 e. The zero-order valence-electron chi connectivity index (χ0n) is 20.1. The molecular weight excluding hydrogens is 569 g/mol. The number of nitrogens with one attached hydrogen (secondary N) is 1. The van der Waals surface area contributed by atoms with Gasteiger partial charge in [0.05, 0.1) is 17.7 Å². The van der Waals surface area contributed by atoms with Crippen molar-refractivity contribution in [1.29, 1.82) is 0 Å². The molecule has 0 spiro atoms. The van der Waals surface area contributed by atoms with Crippen molar-refractivity contribution in [3.8, 4) is 0 Å². The molecule has 38 heavy (non-hydrogen) atoms. The standard InChI is InChI=1S/C27H22Cl3N3O4S/c1-18-2-12-25(13-3-18)38(35,36)33(16-20-6-9-22(29)14-26(20)30)17-24-11-10-23(37-24)15-31-32-27(34)19-4-7-21(28)8-5-19/h2-15H,16-17H2,1H3,(H,32,34)/b31-15-. The Bertz CT molecular complexity index is 1570. The number of nitrogens with zero attached hydrogens (tertiary/aromatic N) is 2. The molecule has 7 nitrogen and oxygen atoms in total. The second-order valence-electron chi connectivity index (χ2n) is 8.33. The molecule has 3 aromatic carbocycles. The number of carbonyl (C=O) groups excluding carboxylic acids is 1. The van der Waals surface area contributed by atoms with Gasteiger partial charge in [0.2, 0.25) is 10.0 Å². The summed E-state index contributed by atoms with van der Waals surface area (Å²) in [6.07, 6.45) is 1.33. The van der Waals surface area contributed by atoms with E-state index >= 15 is 0 Å². The summed E-state index contributed by atoms with van der Waals surface area (Å²) in [7, 11) is -3.91. The van der Waals surface area contributed by atoms with Gasteiger partial charge >= 0.3 is 0 Å². The van der Waals surface area contributed by atoms with Gasteiger partial charge in [-0.25, -0.2) is 13.8 Å². The van der Waals surface area contributed by atoms with Gasteiger partial charge in [-0.1, -0.05) is 58.6 Å². The average molecular weight is 591 g/mol. The Labute approximate surface area is 235 Å². The molecule has 0 radical (unpaired) electrons. The fourth-order valence-corrected chi connectivity index (χ4v) is 5.45. The number of furan rings is 1. The Hall–Kier alpha value is -3.14. The first-order chi connectivity index (χ1) is 18.1. The number of carbonyl (C=O) groups is 1. The van der Waals surface area contributed by atoms with Gasteiger partial charge in [-0.2, -0.15) is 9.41 Å². The molecule has 0 unspecified atom stereocenters. The third-order valence-electron chi connectivity index (χ3n) is 5.50. The van der Waals surface area contributed by atoms with E-state index < -0.39 is 15.9 Å². The van der Waals surface area contributed by atoms with Gasteiger partial charge in [-0.15, -0.1) is 0 Å². The molecule has 0 aliphatic rings. The van der Waals surface area contributed by atoms with Gasteiger partial charge in [0.25, 0.3) is 5.91 Å². The Balaban J connectivity index is 1.53. The molecule has 1 N–H and O–H groups in total. The van der Waals surface area contributed by atoms with Gasteiger partial charge < -0.3 is 4.42 Å². The van der Waals surface area contributed by atoms with Gasteiger partial charge in [-0.05, 0) is 73.2 Å². The van der Waals surface area contributed by atoms with E-state index in [1.165, 1.54) is 10.5 Å². The van der Waals surface area contributed by atoms with Crippen molar-refractivity contribution >= 4 is 56.9 Å². The quantitative estimate of drug-likeness (QED) is 0.173.